The molecule has 1 saturated carbocycles. The van der Waals surface area contributed by atoms with Crippen molar-refractivity contribution < 1.29 is 4.74 Å². The van der Waals surface area contributed by atoms with E-state index in [4.69, 9.17) is 4.74 Å². The van der Waals surface area contributed by atoms with Gasteiger partial charge in [0.25, 0.3) is 0 Å². The van der Waals surface area contributed by atoms with Gasteiger partial charge in [0.05, 0.1) is 12.9 Å². The Hall–Kier alpha value is -0.460. The molecule has 2 aliphatic rings. The lowest BCUT2D eigenvalue weighted by atomic mass is 9.86. The van der Waals surface area contributed by atoms with Gasteiger partial charge in [0.1, 0.15) is 0 Å². The van der Waals surface area contributed by atoms with E-state index in [-0.39, 0.29) is 0 Å². The third-order valence-corrected chi connectivity index (χ3v) is 3.32. The summed E-state index contributed by atoms with van der Waals surface area (Å²) in [5, 5.41) is 0. The van der Waals surface area contributed by atoms with Gasteiger partial charge in [-0.25, -0.2) is 0 Å². The lowest BCUT2D eigenvalue weighted by Crippen LogP contribution is -2.23. The summed E-state index contributed by atoms with van der Waals surface area (Å²) in [6.45, 7) is 5.52. The Morgan fingerprint density at radius 1 is 1.45 bits per heavy atom. The molecule has 0 spiro atoms. The fourth-order valence-electron chi connectivity index (χ4n) is 2.49. The van der Waals surface area contributed by atoms with Crippen LogP contribution in [0.4, 0.5) is 0 Å². The number of hydrogen-bond acceptors (Lipinski definition) is 1. The summed E-state index contributed by atoms with van der Waals surface area (Å²) in [6.07, 6.45) is 4.74. The molecule has 0 aromatic heterocycles. The van der Waals surface area contributed by atoms with Gasteiger partial charge in [-0.3, -0.25) is 0 Å². The fraction of sp³-hybridized carbons (Fsp3) is 0.800. The zero-order valence-corrected chi connectivity index (χ0v) is 7.34. The Morgan fingerprint density at radius 2 is 2.27 bits per heavy atom. The molecule has 0 radical (unpaired) electrons. The molecular formula is C10H16O. The highest BCUT2D eigenvalue weighted by molar-refractivity contribution is 5.08. The summed E-state index contributed by atoms with van der Waals surface area (Å²) >= 11 is 0. The normalized spacial score (nSPS) is 42.7. The number of rotatable bonds is 0. The van der Waals surface area contributed by atoms with E-state index in [0.717, 1.165) is 24.4 Å². The Morgan fingerprint density at radius 3 is 3.00 bits per heavy atom. The topological polar surface area (TPSA) is 9.23 Å². The van der Waals surface area contributed by atoms with Crippen molar-refractivity contribution >= 4 is 0 Å². The fourth-order valence-corrected chi connectivity index (χ4v) is 2.49. The Bertz CT molecular complexity index is 183. The van der Waals surface area contributed by atoms with Crippen molar-refractivity contribution in [3.05, 3.63) is 11.8 Å². The van der Waals surface area contributed by atoms with Crippen molar-refractivity contribution in [1.82, 2.24) is 0 Å². The molecule has 0 bridgehead atoms. The predicted molar refractivity (Wildman–Crippen MR) is 45.1 cm³/mol. The standard InChI is InChI=1S/C10H16O/c1-7-3-4-9-8(2)5-11-6-10(7)9/h5,7,9-10H,3-4,6H2,1-2H3. The van der Waals surface area contributed by atoms with Crippen molar-refractivity contribution in [2.45, 2.75) is 26.7 Å². The zero-order valence-electron chi connectivity index (χ0n) is 7.34. The van der Waals surface area contributed by atoms with Crippen LogP contribution in [0.5, 0.6) is 0 Å². The van der Waals surface area contributed by atoms with Gasteiger partial charge in [-0.05, 0) is 37.2 Å². The first kappa shape index (κ1) is 7.20. The molecule has 3 atom stereocenters. The minimum absolute atomic E-state index is 0.819. The monoisotopic (exact) mass is 152 g/mol. The maximum atomic E-state index is 5.40. The first-order valence-electron chi connectivity index (χ1n) is 4.57. The van der Waals surface area contributed by atoms with E-state index >= 15 is 0 Å². The number of fused-ring (bicyclic) bond motifs is 1. The average Bonchev–Trinajstić information content (AvgIpc) is 2.35. The van der Waals surface area contributed by atoms with Crippen LogP contribution in [0.3, 0.4) is 0 Å². The van der Waals surface area contributed by atoms with Crippen LogP contribution in [0.2, 0.25) is 0 Å². The van der Waals surface area contributed by atoms with Crippen LogP contribution in [0.15, 0.2) is 11.8 Å². The number of ether oxygens (including phenoxy) is 1. The van der Waals surface area contributed by atoms with Gasteiger partial charge in [0.2, 0.25) is 0 Å². The van der Waals surface area contributed by atoms with Crippen LogP contribution in [-0.4, -0.2) is 6.61 Å². The van der Waals surface area contributed by atoms with Crippen LogP contribution in [0.25, 0.3) is 0 Å². The highest BCUT2D eigenvalue weighted by Gasteiger charge is 2.36. The number of allylic oxidation sites excluding steroid dienone is 1. The van der Waals surface area contributed by atoms with Crippen molar-refractivity contribution in [2.75, 3.05) is 6.61 Å². The molecule has 3 unspecified atom stereocenters. The molecular weight excluding hydrogens is 136 g/mol. The molecule has 1 heterocycles. The zero-order chi connectivity index (χ0) is 7.84. The van der Waals surface area contributed by atoms with Gasteiger partial charge < -0.3 is 4.74 Å². The quantitative estimate of drug-likeness (QED) is 0.518. The lowest BCUT2D eigenvalue weighted by molar-refractivity contribution is 0.128. The lowest BCUT2D eigenvalue weighted by Gasteiger charge is -2.27. The van der Waals surface area contributed by atoms with Crippen LogP contribution < -0.4 is 0 Å². The molecule has 11 heavy (non-hydrogen) atoms. The molecule has 0 amide bonds. The summed E-state index contributed by atoms with van der Waals surface area (Å²) in [5.74, 6) is 2.54. The molecule has 0 aromatic rings. The van der Waals surface area contributed by atoms with Crippen LogP contribution >= 0.6 is 0 Å². The van der Waals surface area contributed by atoms with Crippen molar-refractivity contribution in [3.8, 4) is 0 Å². The minimum atomic E-state index is 0.819. The Kier molecular flexibility index (Phi) is 1.67. The second-order valence-electron chi connectivity index (χ2n) is 4.02. The molecule has 62 valence electrons. The summed E-state index contributed by atoms with van der Waals surface area (Å²) in [7, 11) is 0. The summed E-state index contributed by atoms with van der Waals surface area (Å²) in [4.78, 5) is 0. The molecule has 1 fully saturated rings. The van der Waals surface area contributed by atoms with Gasteiger partial charge in [-0.15, -0.1) is 0 Å². The smallest absolute Gasteiger partial charge is 0.0909 e. The maximum Gasteiger partial charge on any atom is 0.0909 e. The first-order chi connectivity index (χ1) is 5.29. The Balaban J connectivity index is 2.18. The minimum Gasteiger partial charge on any atom is -0.501 e. The van der Waals surface area contributed by atoms with Gasteiger partial charge in [0.15, 0.2) is 0 Å². The van der Waals surface area contributed by atoms with E-state index in [1.807, 2.05) is 6.26 Å². The van der Waals surface area contributed by atoms with E-state index in [0.29, 0.717) is 0 Å². The highest BCUT2D eigenvalue weighted by Crippen LogP contribution is 2.42. The maximum absolute atomic E-state index is 5.40. The number of hydrogen-bond donors (Lipinski definition) is 0. The van der Waals surface area contributed by atoms with Crippen LogP contribution in [-0.2, 0) is 4.74 Å². The van der Waals surface area contributed by atoms with Crippen molar-refractivity contribution in [3.63, 3.8) is 0 Å². The van der Waals surface area contributed by atoms with E-state index < -0.39 is 0 Å². The molecule has 2 rings (SSSR count). The predicted octanol–water partition coefficient (Wildman–Crippen LogP) is 2.58. The van der Waals surface area contributed by atoms with E-state index in [9.17, 15) is 0 Å². The van der Waals surface area contributed by atoms with Crippen LogP contribution in [0.1, 0.15) is 26.7 Å². The SMILES string of the molecule is CC1=COCC2C(C)CCC12. The van der Waals surface area contributed by atoms with Crippen molar-refractivity contribution in [1.29, 1.82) is 0 Å². The van der Waals surface area contributed by atoms with Gasteiger partial charge in [0, 0.05) is 5.92 Å². The molecule has 1 aliphatic heterocycles. The summed E-state index contributed by atoms with van der Waals surface area (Å²) in [6, 6.07) is 0. The molecule has 1 heteroatoms. The largest absolute Gasteiger partial charge is 0.501 e. The summed E-state index contributed by atoms with van der Waals surface area (Å²) < 4.78 is 5.40. The summed E-state index contributed by atoms with van der Waals surface area (Å²) in [5.41, 5.74) is 1.46. The second kappa shape index (κ2) is 2.54. The molecule has 0 saturated heterocycles. The van der Waals surface area contributed by atoms with E-state index in [1.165, 1.54) is 18.4 Å². The average molecular weight is 152 g/mol. The second-order valence-corrected chi connectivity index (χ2v) is 4.02. The van der Waals surface area contributed by atoms with Gasteiger partial charge in [-0.2, -0.15) is 0 Å². The molecule has 1 nitrogen and oxygen atoms in total. The van der Waals surface area contributed by atoms with Crippen molar-refractivity contribution in [2.24, 2.45) is 17.8 Å². The molecule has 0 N–H and O–H groups in total. The highest BCUT2D eigenvalue weighted by atomic mass is 16.5. The third kappa shape index (κ3) is 1.07. The molecule has 1 aliphatic carbocycles. The molecule has 0 aromatic carbocycles. The van der Waals surface area contributed by atoms with Gasteiger partial charge >= 0.3 is 0 Å². The first-order valence-corrected chi connectivity index (χ1v) is 4.57. The third-order valence-electron chi connectivity index (χ3n) is 3.32. The Labute approximate surface area is 68.4 Å². The van der Waals surface area contributed by atoms with Crippen LogP contribution in [0, 0.1) is 17.8 Å². The van der Waals surface area contributed by atoms with E-state index in [2.05, 4.69) is 13.8 Å². The van der Waals surface area contributed by atoms with E-state index in [1.54, 1.807) is 0 Å². The van der Waals surface area contributed by atoms with Gasteiger partial charge in [-0.1, -0.05) is 6.92 Å².